The number of hydrogen-bond donors (Lipinski definition) is 1. The fourth-order valence-electron chi connectivity index (χ4n) is 0.653. The molecule has 1 atom stereocenters. The highest BCUT2D eigenvalue weighted by Gasteiger charge is 2.21. The minimum atomic E-state index is 0.255. The molecule has 0 bridgehead atoms. The van der Waals surface area contributed by atoms with Gasteiger partial charge in [-0.3, -0.25) is 0 Å². The third-order valence-electron chi connectivity index (χ3n) is 1.65. The molecule has 0 saturated heterocycles. The van der Waals surface area contributed by atoms with Crippen LogP contribution in [0.5, 0.6) is 0 Å². The minimum absolute atomic E-state index is 0.255. The van der Waals surface area contributed by atoms with Crippen LogP contribution < -0.4 is 5.73 Å². The molecule has 9 heavy (non-hydrogen) atoms. The lowest BCUT2D eigenvalue weighted by Gasteiger charge is -2.08. The van der Waals surface area contributed by atoms with Gasteiger partial charge in [0.25, 0.3) is 0 Å². The van der Waals surface area contributed by atoms with Crippen molar-refractivity contribution in [3.05, 3.63) is 0 Å². The molecule has 1 saturated carbocycles. The molecule has 1 aliphatic carbocycles. The van der Waals surface area contributed by atoms with Gasteiger partial charge in [-0.05, 0) is 25.7 Å². The van der Waals surface area contributed by atoms with Crippen LogP contribution in [0.3, 0.4) is 0 Å². The molecule has 0 aliphatic heterocycles. The first-order chi connectivity index (χ1) is 4.33. The molecule has 0 radical (unpaired) electrons. The zero-order chi connectivity index (χ0) is 6.69. The van der Waals surface area contributed by atoms with E-state index in [1.807, 2.05) is 6.92 Å². The molecule has 1 rings (SSSR count). The largest absolute Gasteiger partial charge is 0.377 e. The van der Waals surface area contributed by atoms with Gasteiger partial charge < -0.3 is 10.5 Å². The molecular weight excluding hydrogens is 114 g/mol. The first kappa shape index (κ1) is 7.03. The Hall–Kier alpha value is -0.0800. The number of hydrogen-bond acceptors (Lipinski definition) is 2. The summed E-state index contributed by atoms with van der Waals surface area (Å²) in [6.45, 7) is 3.59. The number of nitrogens with two attached hydrogens (primary N) is 1. The van der Waals surface area contributed by atoms with Crippen LogP contribution in [0.25, 0.3) is 0 Å². The summed E-state index contributed by atoms with van der Waals surface area (Å²) in [5.41, 5.74) is 5.35. The average Bonchev–Trinajstić information content (AvgIpc) is 2.65. The van der Waals surface area contributed by atoms with E-state index < -0.39 is 0 Å². The van der Waals surface area contributed by atoms with E-state index in [-0.39, 0.29) is 6.10 Å². The van der Waals surface area contributed by atoms with Crippen molar-refractivity contribution in [2.75, 3.05) is 13.2 Å². The maximum absolute atomic E-state index is 5.39. The van der Waals surface area contributed by atoms with Crippen LogP contribution in [0, 0.1) is 5.92 Å². The zero-order valence-corrected chi connectivity index (χ0v) is 5.97. The minimum Gasteiger partial charge on any atom is -0.377 e. The highest BCUT2D eigenvalue weighted by Crippen LogP contribution is 2.28. The second-order valence-electron chi connectivity index (χ2n) is 2.82. The van der Waals surface area contributed by atoms with Crippen molar-refractivity contribution in [1.82, 2.24) is 0 Å². The van der Waals surface area contributed by atoms with Crippen LogP contribution in [-0.4, -0.2) is 19.3 Å². The van der Waals surface area contributed by atoms with Crippen LogP contribution in [0.4, 0.5) is 0 Å². The fourth-order valence-corrected chi connectivity index (χ4v) is 0.653. The summed E-state index contributed by atoms with van der Waals surface area (Å²) >= 11 is 0. The Labute approximate surface area is 56.4 Å². The molecule has 2 N–H and O–H groups in total. The Kier molecular flexibility index (Phi) is 2.49. The summed E-state index contributed by atoms with van der Waals surface area (Å²) in [6.07, 6.45) is 2.97. The van der Waals surface area contributed by atoms with Crippen molar-refractivity contribution in [2.24, 2.45) is 11.7 Å². The topological polar surface area (TPSA) is 35.2 Å². The summed E-state index contributed by atoms with van der Waals surface area (Å²) in [6, 6.07) is 0. The standard InChI is InChI=1S/C7H15NO/c1-6(4-8)9-5-7-2-3-7/h6-7H,2-5,8H2,1H3. The lowest BCUT2D eigenvalue weighted by atomic mass is 10.4. The molecule has 2 heteroatoms. The van der Waals surface area contributed by atoms with Crippen molar-refractivity contribution in [1.29, 1.82) is 0 Å². The van der Waals surface area contributed by atoms with Crippen LogP contribution in [-0.2, 0) is 4.74 Å². The van der Waals surface area contributed by atoms with E-state index in [2.05, 4.69) is 0 Å². The van der Waals surface area contributed by atoms with Gasteiger partial charge in [0.15, 0.2) is 0 Å². The molecule has 2 nitrogen and oxygen atoms in total. The van der Waals surface area contributed by atoms with Gasteiger partial charge in [-0.25, -0.2) is 0 Å². The van der Waals surface area contributed by atoms with Gasteiger partial charge in [0, 0.05) is 13.2 Å². The Morgan fingerprint density at radius 2 is 2.33 bits per heavy atom. The first-order valence-corrected chi connectivity index (χ1v) is 3.64. The van der Waals surface area contributed by atoms with Crippen molar-refractivity contribution in [3.8, 4) is 0 Å². The predicted octanol–water partition coefficient (Wildman–Crippen LogP) is 0.760. The summed E-state index contributed by atoms with van der Waals surface area (Å²) in [7, 11) is 0. The number of ether oxygens (including phenoxy) is 1. The van der Waals surface area contributed by atoms with Gasteiger partial charge in [-0.2, -0.15) is 0 Å². The number of rotatable bonds is 4. The molecule has 0 spiro atoms. The lowest BCUT2D eigenvalue weighted by molar-refractivity contribution is 0.0641. The first-order valence-electron chi connectivity index (χ1n) is 3.64. The molecule has 0 aromatic rings. The second-order valence-corrected chi connectivity index (χ2v) is 2.82. The van der Waals surface area contributed by atoms with Crippen LogP contribution >= 0.6 is 0 Å². The molecule has 0 aromatic heterocycles. The molecule has 54 valence electrons. The average molecular weight is 129 g/mol. The summed E-state index contributed by atoms with van der Waals surface area (Å²) in [5, 5.41) is 0. The van der Waals surface area contributed by atoms with Gasteiger partial charge in [-0.1, -0.05) is 0 Å². The normalized spacial score (nSPS) is 22.0. The molecule has 1 fully saturated rings. The molecule has 0 aromatic carbocycles. The van der Waals surface area contributed by atoms with E-state index in [1.54, 1.807) is 0 Å². The summed E-state index contributed by atoms with van der Waals surface area (Å²) in [5.74, 6) is 0.860. The van der Waals surface area contributed by atoms with E-state index in [9.17, 15) is 0 Å². The summed E-state index contributed by atoms with van der Waals surface area (Å²) < 4.78 is 5.39. The van der Waals surface area contributed by atoms with Crippen LogP contribution in [0.1, 0.15) is 19.8 Å². The molecule has 0 heterocycles. The lowest BCUT2D eigenvalue weighted by Crippen LogP contribution is -2.20. The van der Waals surface area contributed by atoms with Crippen molar-refractivity contribution in [2.45, 2.75) is 25.9 Å². The van der Waals surface area contributed by atoms with E-state index in [1.165, 1.54) is 12.8 Å². The van der Waals surface area contributed by atoms with E-state index in [4.69, 9.17) is 10.5 Å². The Morgan fingerprint density at radius 1 is 1.67 bits per heavy atom. The quantitative estimate of drug-likeness (QED) is 0.608. The third kappa shape index (κ3) is 2.82. The van der Waals surface area contributed by atoms with E-state index in [0.29, 0.717) is 6.54 Å². The van der Waals surface area contributed by atoms with Gasteiger partial charge >= 0.3 is 0 Å². The van der Waals surface area contributed by atoms with Crippen LogP contribution in [0.15, 0.2) is 0 Å². The highest BCUT2D eigenvalue weighted by atomic mass is 16.5. The molecule has 1 unspecified atom stereocenters. The Morgan fingerprint density at radius 3 is 2.78 bits per heavy atom. The second kappa shape index (κ2) is 3.18. The van der Waals surface area contributed by atoms with Crippen molar-refractivity contribution < 1.29 is 4.74 Å². The smallest absolute Gasteiger partial charge is 0.0669 e. The molecular formula is C7H15NO. The van der Waals surface area contributed by atoms with Crippen molar-refractivity contribution >= 4 is 0 Å². The fraction of sp³-hybridized carbons (Fsp3) is 1.00. The highest BCUT2D eigenvalue weighted by molar-refractivity contribution is 4.72. The summed E-state index contributed by atoms with van der Waals surface area (Å²) in [4.78, 5) is 0. The maximum Gasteiger partial charge on any atom is 0.0669 e. The SMILES string of the molecule is CC(CN)OCC1CC1. The molecule has 0 amide bonds. The van der Waals surface area contributed by atoms with Gasteiger partial charge in [-0.15, -0.1) is 0 Å². The van der Waals surface area contributed by atoms with Gasteiger partial charge in [0.05, 0.1) is 6.10 Å². The van der Waals surface area contributed by atoms with E-state index >= 15 is 0 Å². The maximum atomic E-state index is 5.39. The van der Waals surface area contributed by atoms with Gasteiger partial charge in [0.2, 0.25) is 0 Å². The third-order valence-corrected chi connectivity index (χ3v) is 1.65. The zero-order valence-electron chi connectivity index (χ0n) is 5.97. The Bertz CT molecular complexity index is 81.0. The Balaban J connectivity index is 1.90. The van der Waals surface area contributed by atoms with Crippen molar-refractivity contribution in [3.63, 3.8) is 0 Å². The predicted molar refractivity (Wildman–Crippen MR) is 37.2 cm³/mol. The van der Waals surface area contributed by atoms with Gasteiger partial charge in [0.1, 0.15) is 0 Å². The molecule has 1 aliphatic rings. The monoisotopic (exact) mass is 129 g/mol. The van der Waals surface area contributed by atoms with E-state index in [0.717, 1.165) is 12.5 Å². The van der Waals surface area contributed by atoms with Crippen LogP contribution in [0.2, 0.25) is 0 Å².